The van der Waals surface area contributed by atoms with Crippen LogP contribution in [0.3, 0.4) is 0 Å². The fraction of sp³-hybridized carbons (Fsp3) is 0.625. The second kappa shape index (κ2) is 6.92. The average molecular weight is 262 g/mol. The first-order chi connectivity index (χ1) is 9.19. The molecule has 1 aliphatic heterocycles. The second-order valence-corrected chi connectivity index (χ2v) is 5.60. The van der Waals surface area contributed by atoms with Gasteiger partial charge >= 0.3 is 0 Å². The number of phenolic OH excluding ortho intramolecular Hbond substituents is 1. The SMILES string of the molecule is CCN1CCC(CNC(C)c2ccc(O)cc2)CC1. The maximum absolute atomic E-state index is 9.30. The van der Waals surface area contributed by atoms with E-state index in [4.69, 9.17) is 0 Å². The Morgan fingerprint density at radius 3 is 2.47 bits per heavy atom. The minimum Gasteiger partial charge on any atom is -0.508 e. The summed E-state index contributed by atoms with van der Waals surface area (Å²) in [5.74, 6) is 1.14. The number of hydrogen-bond acceptors (Lipinski definition) is 3. The van der Waals surface area contributed by atoms with E-state index >= 15 is 0 Å². The monoisotopic (exact) mass is 262 g/mol. The Bertz CT molecular complexity index is 369. The molecule has 3 heteroatoms. The lowest BCUT2D eigenvalue weighted by Crippen LogP contribution is -2.37. The van der Waals surface area contributed by atoms with Gasteiger partial charge in [-0.15, -0.1) is 0 Å². The quantitative estimate of drug-likeness (QED) is 0.856. The van der Waals surface area contributed by atoms with Gasteiger partial charge in [-0.25, -0.2) is 0 Å². The zero-order valence-electron chi connectivity index (χ0n) is 12.1. The van der Waals surface area contributed by atoms with E-state index in [1.165, 1.54) is 38.0 Å². The van der Waals surface area contributed by atoms with Crippen LogP contribution in [0.5, 0.6) is 5.75 Å². The van der Waals surface area contributed by atoms with E-state index in [1.807, 2.05) is 12.1 Å². The average Bonchev–Trinajstić information content (AvgIpc) is 2.46. The Kier molecular flexibility index (Phi) is 5.23. The van der Waals surface area contributed by atoms with E-state index in [2.05, 4.69) is 24.1 Å². The third kappa shape index (κ3) is 4.22. The van der Waals surface area contributed by atoms with Gasteiger partial charge in [0.05, 0.1) is 0 Å². The fourth-order valence-electron chi connectivity index (χ4n) is 2.73. The molecule has 1 heterocycles. The van der Waals surface area contributed by atoms with Crippen molar-refractivity contribution in [3.05, 3.63) is 29.8 Å². The van der Waals surface area contributed by atoms with E-state index in [-0.39, 0.29) is 0 Å². The van der Waals surface area contributed by atoms with Gasteiger partial charge in [-0.3, -0.25) is 0 Å². The highest BCUT2D eigenvalue weighted by molar-refractivity contribution is 5.27. The van der Waals surface area contributed by atoms with Crippen molar-refractivity contribution < 1.29 is 5.11 Å². The van der Waals surface area contributed by atoms with Crippen LogP contribution in [0.25, 0.3) is 0 Å². The number of nitrogens with one attached hydrogen (secondary N) is 1. The van der Waals surface area contributed by atoms with Crippen molar-refractivity contribution in [1.29, 1.82) is 0 Å². The molecular weight excluding hydrogens is 236 g/mol. The number of rotatable bonds is 5. The van der Waals surface area contributed by atoms with Crippen molar-refractivity contribution in [3.8, 4) is 5.75 Å². The molecule has 106 valence electrons. The van der Waals surface area contributed by atoms with Gasteiger partial charge in [0.25, 0.3) is 0 Å². The zero-order valence-corrected chi connectivity index (χ0v) is 12.1. The van der Waals surface area contributed by atoms with Crippen molar-refractivity contribution in [1.82, 2.24) is 10.2 Å². The zero-order chi connectivity index (χ0) is 13.7. The standard InChI is InChI=1S/C16H26N2O/c1-3-18-10-8-14(9-11-18)12-17-13(2)15-4-6-16(19)7-5-15/h4-7,13-14,17,19H,3,8-12H2,1-2H3. The molecule has 1 aromatic rings. The number of nitrogens with zero attached hydrogens (tertiary/aromatic N) is 1. The van der Waals surface area contributed by atoms with Crippen molar-refractivity contribution in [2.75, 3.05) is 26.2 Å². The lowest BCUT2D eigenvalue weighted by atomic mass is 9.96. The molecule has 0 aliphatic carbocycles. The van der Waals surface area contributed by atoms with E-state index in [0.29, 0.717) is 11.8 Å². The molecule has 1 aromatic carbocycles. The lowest BCUT2D eigenvalue weighted by molar-refractivity contribution is 0.188. The molecule has 1 fully saturated rings. The number of phenols is 1. The molecule has 0 amide bonds. The van der Waals surface area contributed by atoms with Crippen LogP contribution in [-0.2, 0) is 0 Å². The van der Waals surface area contributed by atoms with Gasteiger partial charge in [0.2, 0.25) is 0 Å². The molecule has 3 nitrogen and oxygen atoms in total. The van der Waals surface area contributed by atoms with E-state index in [0.717, 1.165) is 12.5 Å². The van der Waals surface area contributed by atoms with Crippen LogP contribution in [0.4, 0.5) is 0 Å². The summed E-state index contributed by atoms with van der Waals surface area (Å²) in [6, 6.07) is 7.85. The minimum atomic E-state index is 0.336. The fourth-order valence-corrected chi connectivity index (χ4v) is 2.73. The summed E-state index contributed by atoms with van der Waals surface area (Å²) in [5, 5.41) is 12.9. The maximum Gasteiger partial charge on any atom is 0.115 e. The Balaban J connectivity index is 1.75. The third-order valence-corrected chi connectivity index (χ3v) is 4.26. The van der Waals surface area contributed by atoms with E-state index in [9.17, 15) is 5.11 Å². The number of piperidine rings is 1. The van der Waals surface area contributed by atoms with Gasteiger partial charge in [-0.1, -0.05) is 19.1 Å². The molecular formula is C16H26N2O. The summed E-state index contributed by atoms with van der Waals surface area (Å²) in [4.78, 5) is 2.53. The molecule has 0 radical (unpaired) electrons. The summed E-state index contributed by atoms with van der Waals surface area (Å²) in [5.41, 5.74) is 1.24. The predicted molar refractivity (Wildman–Crippen MR) is 79.4 cm³/mol. The van der Waals surface area contributed by atoms with Gasteiger partial charge in [0.1, 0.15) is 5.75 Å². The van der Waals surface area contributed by atoms with Crippen LogP contribution in [0.1, 0.15) is 38.3 Å². The summed E-state index contributed by atoms with van der Waals surface area (Å²) in [7, 11) is 0. The molecule has 1 aliphatic rings. The molecule has 19 heavy (non-hydrogen) atoms. The second-order valence-electron chi connectivity index (χ2n) is 5.60. The minimum absolute atomic E-state index is 0.336. The summed E-state index contributed by atoms with van der Waals surface area (Å²) in [6.45, 7) is 9.20. The molecule has 1 atom stereocenters. The Labute approximate surface area is 116 Å². The first-order valence-corrected chi connectivity index (χ1v) is 7.43. The number of benzene rings is 1. The van der Waals surface area contributed by atoms with Crippen molar-refractivity contribution in [2.24, 2.45) is 5.92 Å². The highest BCUT2D eigenvalue weighted by Crippen LogP contribution is 2.19. The van der Waals surface area contributed by atoms with E-state index < -0.39 is 0 Å². The van der Waals surface area contributed by atoms with Crippen LogP contribution in [-0.4, -0.2) is 36.2 Å². The summed E-state index contributed by atoms with van der Waals surface area (Å²) >= 11 is 0. The van der Waals surface area contributed by atoms with Crippen LogP contribution in [0, 0.1) is 5.92 Å². The van der Waals surface area contributed by atoms with Crippen molar-refractivity contribution >= 4 is 0 Å². The van der Waals surface area contributed by atoms with Crippen LogP contribution < -0.4 is 5.32 Å². The smallest absolute Gasteiger partial charge is 0.115 e. The summed E-state index contributed by atoms with van der Waals surface area (Å²) < 4.78 is 0. The number of hydrogen-bond donors (Lipinski definition) is 2. The van der Waals surface area contributed by atoms with Gasteiger partial charge in [0, 0.05) is 6.04 Å². The molecule has 1 unspecified atom stereocenters. The maximum atomic E-state index is 9.30. The first-order valence-electron chi connectivity index (χ1n) is 7.43. The number of aromatic hydroxyl groups is 1. The molecule has 0 aromatic heterocycles. The highest BCUT2D eigenvalue weighted by Gasteiger charge is 2.18. The molecule has 2 N–H and O–H groups in total. The lowest BCUT2D eigenvalue weighted by Gasteiger charge is -2.31. The van der Waals surface area contributed by atoms with Gasteiger partial charge in [-0.05, 0) is 69.6 Å². The third-order valence-electron chi connectivity index (χ3n) is 4.26. The predicted octanol–water partition coefficient (Wildman–Crippen LogP) is 2.77. The Hall–Kier alpha value is -1.06. The normalized spacial score (nSPS) is 19.5. The summed E-state index contributed by atoms with van der Waals surface area (Å²) in [6.07, 6.45) is 2.62. The van der Waals surface area contributed by atoms with Gasteiger partial charge < -0.3 is 15.3 Å². The highest BCUT2D eigenvalue weighted by atomic mass is 16.3. The van der Waals surface area contributed by atoms with Crippen molar-refractivity contribution in [2.45, 2.75) is 32.7 Å². The van der Waals surface area contributed by atoms with Crippen LogP contribution >= 0.6 is 0 Å². The Morgan fingerprint density at radius 2 is 1.89 bits per heavy atom. The Morgan fingerprint density at radius 1 is 1.26 bits per heavy atom. The largest absolute Gasteiger partial charge is 0.508 e. The van der Waals surface area contributed by atoms with E-state index in [1.54, 1.807) is 12.1 Å². The van der Waals surface area contributed by atoms with Gasteiger partial charge in [-0.2, -0.15) is 0 Å². The first kappa shape index (κ1) is 14.4. The molecule has 0 saturated carbocycles. The van der Waals surface area contributed by atoms with Crippen molar-refractivity contribution in [3.63, 3.8) is 0 Å². The molecule has 1 saturated heterocycles. The molecule has 0 bridgehead atoms. The van der Waals surface area contributed by atoms with Gasteiger partial charge in [0.15, 0.2) is 0 Å². The van der Waals surface area contributed by atoms with Crippen LogP contribution in [0.2, 0.25) is 0 Å². The molecule has 2 rings (SSSR count). The van der Waals surface area contributed by atoms with Crippen LogP contribution in [0.15, 0.2) is 24.3 Å². The molecule has 0 spiro atoms. The number of likely N-dealkylation sites (tertiary alicyclic amines) is 1. The topological polar surface area (TPSA) is 35.5 Å².